The monoisotopic (exact) mass is 383 g/mol. The van der Waals surface area contributed by atoms with Crippen LogP contribution in [0.4, 0.5) is 0 Å². The summed E-state index contributed by atoms with van der Waals surface area (Å²) in [7, 11) is 5.30. The van der Waals surface area contributed by atoms with Gasteiger partial charge in [-0.2, -0.15) is 0 Å². The standard InChI is InChI=1S/C21H21NO6/c1-22-7-6-11-8-15(24-2)16(25-3)9-13(11)18(22)19-12-4-5-14-20(27-10-26-14)17(12)21(23)28-19/h4-5,8-9,18-19H,6-7,10H2,1-3H3/t18-,19-/m1/s1. The first-order valence-electron chi connectivity index (χ1n) is 9.21. The SMILES string of the molecule is COc1cc2c(cc1OC)[C@H]([C@@H]1OC(=O)c3c1ccc1c3OCO1)N(C)CC2. The van der Waals surface area contributed by atoms with E-state index >= 15 is 0 Å². The number of ether oxygens (including phenoxy) is 5. The third-order valence-corrected chi connectivity index (χ3v) is 5.78. The lowest BCUT2D eigenvalue weighted by Gasteiger charge is -2.38. The van der Waals surface area contributed by atoms with Crippen molar-refractivity contribution < 1.29 is 28.5 Å². The van der Waals surface area contributed by atoms with Crippen LogP contribution >= 0.6 is 0 Å². The van der Waals surface area contributed by atoms with Crippen LogP contribution in [0.2, 0.25) is 0 Å². The molecule has 0 saturated carbocycles. The van der Waals surface area contributed by atoms with Crippen molar-refractivity contribution in [3.05, 3.63) is 46.5 Å². The highest BCUT2D eigenvalue weighted by molar-refractivity contribution is 5.98. The summed E-state index contributed by atoms with van der Waals surface area (Å²) in [6.07, 6.45) is 0.455. The van der Waals surface area contributed by atoms with Crippen molar-refractivity contribution in [1.29, 1.82) is 0 Å². The van der Waals surface area contributed by atoms with Crippen LogP contribution in [-0.4, -0.2) is 45.5 Å². The molecule has 5 rings (SSSR count). The van der Waals surface area contributed by atoms with Gasteiger partial charge < -0.3 is 23.7 Å². The highest BCUT2D eigenvalue weighted by atomic mass is 16.7. The molecule has 7 nitrogen and oxygen atoms in total. The summed E-state index contributed by atoms with van der Waals surface area (Å²) in [4.78, 5) is 14.9. The molecule has 0 aliphatic carbocycles. The fourth-order valence-electron chi connectivity index (χ4n) is 4.40. The van der Waals surface area contributed by atoms with E-state index in [9.17, 15) is 4.79 Å². The molecule has 3 heterocycles. The van der Waals surface area contributed by atoms with E-state index in [4.69, 9.17) is 23.7 Å². The molecule has 2 aromatic rings. The maximum Gasteiger partial charge on any atom is 0.343 e. The van der Waals surface area contributed by atoms with Gasteiger partial charge in [0.1, 0.15) is 11.7 Å². The van der Waals surface area contributed by atoms with Gasteiger partial charge in [-0.25, -0.2) is 4.79 Å². The van der Waals surface area contributed by atoms with Crippen LogP contribution in [0.3, 0.4) is 0 Å². The number of methoxy groups -OCH3 is 2. The highest BCUT2D eigenvalue weighted by Crippen LogP contribution is 2.51. The van der Waals surface area contributed by atoms with Gasteiger partial charge in [0.25, 0.3) is 0 Å². The van der Waals surface area contributed by atoms with Crippen LogP contribution in [0.25, 0.3) is 0 Å². The largest absolute Gasteiger partial charge is 0.493 e. The number of benzene rings is 2. The molecule has 28 heavy (non-hydrogen) atoms. The van der Waals surface area contributed by atoms with E-state index in [0.29, 0.717) is 28.6 Å². The first-order chi connectivity index (χ1) is 13.6. The summed E-state index contributed by atoms with van der Waals surface area (Å²) in [6.45, 7) is 0.966. The summed E-state index contributed by atoms with van der Waals surface area (Å²) in [6, 6.07) is 7.63. The quantitative estimate of drug-likeness (QED) is 0.755. The Hall–Kier alpha value is -2.93. The lowest BCUT2D eigenvalue weighted by atomic mass is 9.86. The Morgan fingerprint density at radius 1 is 1.07 bits per heavy atom. The molecule has 7 heteroatoms. The Morgan fingerprint density at radius 3 is 2.64 bits per heavy atom. The summed E-state index contributed by atoms with van der Waals surface area (Å²) < 4.78 is 27.8. The molecule has 0 bridgehead atoms. The minimum absolute atomic E-state index is 0.118. The molecule has 0 unspecified atom stereocenters. The number of hydrogen-bond acceptors (Lipinski definition) is 7. The topological polar surface area (TPSA) is 66.5 Å². The smallest absolute Gasteiger partial charge is 0.343 e. The van der Waals surface area contributed by atoms with E-state index in [2.05, 4.69) is 4.90 Å². The molecule has 3 aliphatic rings. The summed E-state index contributed by atoms with van der Waals surface area (Å²) >= 11 is 0. The maximum atomic E-state index is 12.7. The van der Waals surface area contributed by atoms with Crippen molar-refractivity contribution in [1.82, 2.24) is 4.90 Å². The van der Waals surface area contributed by atoms with Crippen LogP contribution < -0.4 is 18.9 Å². The fraction of sp³-hybridized carbons (Fsp3) is 0.381. The van der Waals surface area contributed by atoms with Crippen molar-refractivity contribution in [2.75, 3.05) is 34.6 Å². The van der Waals surface area contributed by atoms with E-state index in [1.165, 1.54) is 5.56 Å². The molecule has 2 atom stereocenters. The minimum atomic E-state index is -0.431. The number of esters is 1. The van der Waals surface area contributed by atoms with Gasteiger partial charge in [-0.1, -0.05) is 6.07 Å². The van der Waals surface area contributed by atoms with Crippen molar-refractivity contribution in [3.8, 4) is 23.0 Å². The Kier molecular flexibility index (Phi) is 3.87. The van der Waals surface area contributed by atoms with Gasteiger partial charge in [0.2, 0.25) is 6.79 Å². The Bertz CT molecular complexity index is 972. The number of nitrogens with zero attached hydrogens (tertiary/aromatic N) is 1. The van der Waals surface area contributed by atoms with Crippen molar-refractivity contribution >= 4 is 5.97 Å². The van der Waals surface area contributed by atoms with Crippen molar-refractivity contribution in [2.24, 2.45) is 0 Å². The van der Waals surface area contributed by atoms with Gasteiger partial charge in [-0.15, -0.1) is 0 Å². The highest BCUT2D eigenvalue weighted by Gasteiger charge is 2.44. The zero-order valence-corrected chi connectivity index (χ0v) is 16.0. The Morgan fingerprint density at radius 2 is 1.86 bits per heavy atom. The maximum absolute atomic E-state index is 12.7. The Labute approximate surface area is 162 Å². The molecule has 0 N–H and O–H groups in total. The molecule has 0 radical (unpaired) electrons. The molecule has 2 aromatic carbocycles. The predicted molar refractivity (Wildman–Crippen MR) is 99.3 cm³/mol. The second-order valence-electron chi connectivity index (χ2n) is 7.17. The van der Waals surface area contributed by atoms with Gasteiger partial charge >= 0.3 is 5.97 Å². The number of cyclic esters (lactones) is 1. The average Bonchev–Trinajstić information content (AvgIpc) is 3.31. The lowest BCUT2D eigenvalue weighted by molar-refractivity contribution is 0.00928. The number of fused-ring (bicyclic) bond motifs is 4. The van der Waals surface area contributed by atoms with Gasteiger partial charge in [0.15, 0.2) is 23.0 Å². The van der Waals surface area contributed by atoms with E-state index in [1.54, 1.807) is 14.2 Å². The molecule has 0 fully saturated rings. The van der Waals surface area contributed by atoms with Crippen LogP contribution in [-0.2, 0) is 11.2 Å². The predicted octanol–water partition coefficient (Wildman–Crippen LogP) is 2.87. The molecule has 0 amide bonds. The minimum Gasteiger partial charge on any atom is -0.493 e. The van der Waals surface area contributed by atoms with Crippen LogP contribution in [0.5, 0.6) is 23.0 Å². The Balaban J connectivity index is 1.63. The normalized spacial score (nSPS) is 22.5. The number of hydrogen-bond donors (Lipinski definition) is 0. The number of rotatable bonds is 3. The molecular formula is C21H21NO6. The second-order valence-corrected chi connectivity index (χ2v) is 7.17. The molecule has 0 saturated heterocycles. The van der Waals surface area contributed by atoms with Gasteiger partial charge in [0.05, 0.1) is 20.3 Å². The van der Waals surface area contributed by atoms with Gasteiger partial charge in [0, 0.05) is 12.1 Å². The third kappa shape index (κ3) is 2.36. The molecular weight excluding hydrogens is 362 g/mol. The van der Waals surface area contributed by atoms with Crippen LogP contribution in [0.15, 0.2) is 24.3 Å². The van der Waals surface area contributed by atoms with E-state index in [0.717, 1.165) is 24.1 Å². The van der Waals surface area contributed by atoms with Crippen LogP contribution in [0.1, 0.15) is 39.2 Å². The van der Waals surface area contributed by atoms with Crippen LogP contribution in [0, 0.1) is 0 Å². The number of carbonyl (C=O) groups excluding carboxylic acids is 1. The van der Waals surface area contributed by atoms with Crippen molar-refractivity contribution in [2.45, 2.75) is 18.6 Å². The van der Waals surface area contributed by atoms with Crippen molar-refractivity contribution in [3.63, 3.8) is 0 Å². The summed E-state index contributed by atoms with van der Waals surface area (Å²) in [5.41, 5.74) is 3.55. The van der Waals surface area contributed by atoms with Gasteiger partial charge in [-0.3, -0.25) is 4.90 Å². The average molecular weight is 383 g/mol. The van der Waals surface area contributed by atoms with Gasteiger partial charge in [-0.05, 0) is 42.8 Å². The zero-order chi connectivity index (χ0) is 19.4. The summed E-state index contributed by atoms with van der Waals surface area (Å²) in [5.74, 6) is 2.06. The molecule has 3 aliphatic heterocycles. The second kappa shape index (κ2) is 6.31. The first-order valence-corrected chi connectivity index (χ1v) is 9.21. The summed E-state index contributed by atoms with van der Waals surface area (Å²) in [5, 5.41) is 0. The molecule has 0 spiro atoms. The fourth-order valence-corrected chi connectivity index (χ4v) is 4.40. The third-order valence-electron chi connectivity index (χ3n) is 5.78. The van der Waals surface area contributed by atoms with E-state index in [1.807, 2.05) is 31.3 Å². The number of carbonyl (C=O) groups is 1. The zero-order valence-electron chi connectivity index (χ0n) is 16.0. The first kappa shape index (κ1) is 17.2. The molecule has 146 valence electrons. The van der Waals surface area contributed by atoms with E-state index in [-0.39, 0.29) is 18.8 Å². The number of likely N-dealkylation sites (N-methyl/N-ethyl adjacent to an activating group) is 1. The lowest BCUT2D eigenvalue weighted by Crippen LogP contribution is -2.36. The van der Waals surface area contributed by atoms with E-state index < -0.39 is 6.10 Å². The molecule has 0 aromatic heterocycles.